The molecule has 0 radical (unpaired) electrons. The number of nitrogens with zero attached hydrogens (tertiary/aromatic N) is 1. The molecule has 0 aliphatic carbocycles. The van der Waals surface area contributed by atoms with Crippen molar-refractivity contribution in [2.75, 3.05) is 25.0 Å². The van der Waals surface area contributed by atoms with Crippen LogP contribution in [0.15, 0.2) is 29.2 Å². The maximum absolute atomic E-state index is 12.7. The van der Waals surface area contributed by atoms with E-state index in [1.807, 2.05) is 0 Å². The molecule has 1 aromatic rings. The maximum atomic E-state index is 12.7. The molecular weight excluding hydrogens is 318 g/mol. The van der Waals surface area contributed by atoms with Crippen LogP contribution in [0.25, 0.3) is 0 Å². The maximum Gasteiger partial charge on any atom is 0.243 e. The number of hydrogen-bond acceptors (Lipinski definition) is 4. The second-order valence-electron chi connectivity index (χ2n) is 6.25. The van der Waals surface area contributed by atoms with Crippen molar-refractivity contribution in [3.63, 3.8) is 0 Å². The highest BCUT2D eigenvalue weighted by atomic mass is 32.2. The fraction of sp³-hybridized carbons (Fsp3) is 0.467. The molecule has 23 heavy (non-hydrogen) atoms. The molecule has 7 nitrogen and oxygen atoms in total. The zero-order valence-electron chi connectivity index (χ0n) is 12.8. The van der Waals surface area contributed by atoms with E-state index in [-0.39, 0.29) is 22.1 Å². The van der Waals surface area contributed by atoms with Gasteiger partial charge in [0.2, 0.25) is 21.8 Å². The number of sulfonamides is 1. The van der Waals surface area contributed by atoms with Crippen molar-refractivity contribution < 1.29 is 18.0 Å². The Labute approximate surface area is 135 Å². The van der Waals surface area contributed by atoms with E-state index >= 15 is 0 Å². The van der Waals surface area contributed by atoms with Crippen LogP contribution in [-0.2, 0) is 19.6 Å². The average molecular weight is 337 g/mol. The van der Waals surface area contributed by atoms with Gasteiger partial charge < -0.3 is 10.6 Å². The van der Waals surface area contributed by atoms with Gasteiger partial charge >= 0.3 is 0 Å². The van der Waals surface area contributed by atoms with Crippen LogP contribution in [0.5, 0.6) is 0 Å². The predicted molar refractivity (Wildman–Crippen MR) is 84.2 cm³/mol. The van der Waals surface area contributed by atoms with Crippen molar-refractivity contribution in [2.24, 2.45) is 5.41 Å². The van der Waals surface area contributed by atoms with Gasteiger partial charge in [0.05, 0.1) is 4.90 Å². The minimum Gasteiger partial charge on any atom is -0.355 e. The summed E-state index contributed by atoms with van der Waals surface area (Å²) >= 11 is 0. The zero-order chi connectivity index (χ0) is 16.7. The highest BCUT2D eigenvalue weighted by molar-refractivity contribution is 7.89. The van der Waals surface area contributed by atoms with Gasteiger partial charge in [-0.05, 0) is 30.7 Å². The van der Waals surface area contributed by atoms with Crippen molar-refractivity contribution in [1.82, 2.24) is 9.62 Å². The lowest BCUT2D eigenvalue weighted by atomic mass is 9.86. The molecule has 2 heterocycles. The normalized spacial score (nSPS) is 24.8. The van der Waals surface area contributed by atoms with Crippen LogP contribution in [0.3, 0.4) is 0 Å². The van der Waals surface area contributed by atoms with Gasteiger partial charge in [0.15, 0.2) is 0 Å². The Hall–Kier alpha value is -1.93. The van der Waals surface area contributed by atoms with E-state index in [4.69, 9.17) is 0 Å². The molecule has 1 aromatic carbocycles. The summed E-state index contributed by atoms with van der Waals surface area (Å²) in [6.07, 6.45) is 1.08. The number of rotatable bonds is 3. The van der Waals surface area contributed by atoms with Gasteiger partial charge in [-0.3, -0.25) is 9.59 Å². The first kappa shape index (κ1) is 15.9. The highest BCUT2D eigenvalue weighted by Crippen LogP contribution is 2.38. The summed E-state index contributed by atoms with van der Waals surface area (Å²) < 4.78 is 26.9. The Balaban J connectivity index is 1.77. The third-order valence-corrected chi connectivity index (χ3v) is 6.27. The molecular formula is C15H19N3O4S. The second kappa shape index (κ2) is 5.61. The van der Waals surface area contributed by atoms with Gasteiger partial charge in [0, 0.05) is 44.1 Å². The minimum absolute atomic E-state index is 0.0103. The first-order chi connectivity index (χ1) is 10.8. The second-order valence-corrected chi connectivity index (χ2v) is 8.19. The van der Waals surface area contributed by atoms with Gasteiger partial charge in [-0.25, -0.2) is 8.42 Å². The average Bonchev–Trinajstić information content (AvgIpc) is 3.06. The summed E-state index contributed by atoms with van der Waals surface area (Å²) in [7, 11) is -3.58. The molecule has 3 rings (SSSR count). The third-order valence-electron chi connectivity index (χ3n) is 4.41. The summed E-state index contributed by atoms with van der Waals surface area (Å²) in [5, 5.41) is 5.39. The number of carbonyl (C=O) groups excluding carboxylic acids is 2. The number of amides is 2. The first-order valence-corrected chi connectivity index (χ1v) is 8.89. The lowest BCUT2D eigenvalue weighted by Crippen LogP contribution is -2.33. The summed E-state index contributed by atoms with van der Waals surface area (Å²) in [6, 6.07) is 6.12. The summed E-state index contributed by atoms with van der Waals surface area (Å²) in [5.74, 6) is -0.218. The molecule has 0 bridgehead atoms. The zero-order valence-corrected chi connectivity index (χ0v) is 13.6. The molecule has 1 spiro atoms. The molecule has 8 heteroatoms. The van der Waals surface area contributed by atoms with E-state index in [9.17, 15) is 18.0 Å². The van der Waals surface area contributed by atoms with Crippen molar-refractivity contribution >= 4 is 27.5 Å². The molecule has 2 aliphatic rings. The van der Waals surface area contributed by atoms with Crippen LogP contribution in [0.2, 0.25) is 0 Å². The molecule has 0 saturated carbocycles. The summed E-state index contributed by atoms with van der Waals surface area (Å²) in [4.78, 5) is 22.6. The molecule has 124 valence electrons. The monoisotopic (exact) mass is 337 g/mol. The van der Waals surface area contributed by atoms with Gasteiger partial charge in [-0.1, -0.05) is 0 Å². The highest BCUT2D eigenvalue weighted by Gasteiger charge is 2.47. The molecule has 2 fully saturated rings. The van der Waals surface area contributed by atoms with Crippen LogP contribution in [0.1, 0.15) is 19.8 Å². The van der Waals surface area contributed by atoms with Crippen molar-refractivity contribution in [2.45, 2.75) is 24.7 Å². The van der Waals surface area contributed by atoms with E-state index in [1.165, 1.54) is 23.4 Å². The smallest absolute Gasteiger partial charge is 0.243 e. The Bertz CT molecular complexity index is 744. The summed E-state index contributed by atoms with van der Waals surface area (Å²) in [6.45, 7) is 2.72. The molecule has 0 aromatic heterocycles. The van der Waals surface area contributed by atoms with E-state index < -0.39 is 10.0 Å². The van der Waals surface area contributed by atoms with Crippen LogP contribution in [0, 0.1) is 5.41 Å². The van der Waals surface area contributed by atoms with Crippen LogP contribution in [-0.4, -0.2) is 44.2 Å². The minimum atomic E-state index is -3.58. The van der Waals surface area contributed by atoms with E-state index in [2.05, 4.69) is 10.6 Å². The number of anilines is 1. The topological polar surface area (TPSA) is 95.6 Å². The Morgan fingerprint density at radius 2 is 2.00 bits per heavy atom. The van der Waals surface area contributed by atoms with Crippen molar-refractivity contribution in [3.8, 4) is 0 Å². The lowest BCUT2D eigenvalue weighted by Gasteiger charge is -2.21. The fourth-order valence-corrected chi connectivity index (χ4v) is 4.76. The lowest BCUT2D eigenvalue weighted by molar-refractivity contribution is -0.119. The Kier molecular flexibility index (Phi) is 3.89. The van der Waals surface area contributed by atoms with Crippen LogP contribution < -0.4 is 10.6 Å². The van der Waals surface area contributed by atoms with Gasteiger partial charge in [-0.2, -0.15) is 4.31 Å². The Morgan fingerprint density at radius 3 is 2.57 bits per heavy atom. The quantitative estimate of drug-likeness (QED) is 0.842. The molecule has 2 amide bonds. The molecule has 2 saturated heterocycles. The molecule has 1 atom stereocenters. The number of nitrogens with one attached hydrogen (secondary N) is 2. The van der Waals surface area contributed by atoms with E-state index in [0.29, 0.717) is 38.2 Å². The SMILES string of the molecule is CC(=O)Nc1ccc(S(=O)(=O)N2CCC3(CNC(=O)C3)C2)cc1. The van der Waals surface area contributed by atoms with Gasteiger partial charge in [-0.15, -0.1) is 0 Å². The van der Waals surface area contributed by atoms with Crippen LogP contribution >= 0.6 is 0 Å². The predicted octanol–water partition coefficient (Wildman–Crippen LogP) is 0.546. The standard InChI is InChI=1S/C15H19N3O4S/c1-11(19)17-12-2-4-13(5-3-12)23(21,22)18-7-6-15(10-18)8-14(20)16-9-15/h2-5H,6-10H2,1H3,(H,16,20)(H,17,19). The van der Waals surface area contributed by atoms with Crippen molar-refractivity contribution in [1.29, 1.82) is 0 Å². The number of carbonyl (C=O) groups is 2. The number of hydrogen-bond donors (Lipinski definition) is 2. The molecule has 2 N–H and O–H groups in total. The summed E-state index contributed by atoms with van der Waals surface area (Å²) in [5.41, 5.74) is 0.292. The van der Waals surface area contributed by atoms with E-state index in [1.54, 1.807) is 12.1 Å². The third kappa shape index (κ3) is 3.09. The van der Waals surface area contributed by atoms with Crippen LogP contribution in [0.4, 0.5) is 5.69 Å². The van der Waals surface area contributed by atoms with E-state index in [0.717, 1.165) is 0 Å². The van der Waals surface area contributed by atoms with Gasteiger partial charge in [0.1, 0.15) is 0 Å². The first-order valence-electron chi connectivity index (χ1n) is 7.45. The Morgan fingerprint density at radius 1 is 1.30 bits per heavy atom. The van der Waals surface area contributed by atoms with Gasteiger partial charge in [0.25, 0.3) is 0 Å². The largest absolute Gasteiger partial charge is 0.355 e. The molecule has 2 aliphatic heterocycles. The number of benzene rings is 1. The molecule has 1 unspecified atom stereocenters. The van der Waals surface area contributed by atoms with Crippen molar-refractivity contribution in [3.05, 3.63) is 24.3 Å². The fourth-order valence-electron chi connectivity index (χ4n) is 3.20.